The van der Waals surface area contributed by atoms with Crippen LogP contribution in [0.4, 0.5) is 16.8 Å². The summed E-state index contributed by atoms with van der Waals surface area (Å²) in [7, 11) is -11.9. The van der Waals surface area contributed by atoms with Crippen molar-refractivity contribution in [3.8, 4) is 0 Å². The molecular formula is C129H196Cl4F4P8+8. The molecular weight excluding hydrogens is 2020 g/mol. The lowest BCUT2D eigenvalue weighted by molar-refractivity contribution is 0.234. The van der Waals surface area contributed by atoms with Crippen molar-refractivity contribution in [3.05, 3.63) is 324 Å². The third-order valence-corrected chi connectivity index (χ3v) is 57.2. The van der Waals surface area contributed by atoms with E-state index in [1.54, 1.807) is 11.7 Å². The normalized spacial score (nSPS) is 18.5. The van der Waals surface area contributed by atoms with Gasteiger partial charge in [0.1, 0.15) is 123 Å². The molecule has 0 atom stereocenters. The second-order valence-corrected chi connectivity index (χ2v) is 81.2. The highest BCUT2D eigenvalue weighted by atomic mass is 35.9. The Morgan fingerprint density at radius 3 is 0.752 bits per heavy atom. The van der Waals surface area contributed by atoms with Crippen molar-refractivity contribution in [2.75, 3.05) is 88.3 Å². The summed E-state index contributed by atoms with van der Waals surface area (Å²) in [5.74, 6) is 7.57. The number of rotatable bonds is 34. The summed E-state index contributed by atoms with van der Waals surface area (Å²) in [6.07, 6.45) is 37.5. The van der Waals surface area contributed by atoms with Crippen molar-refractivity contribution >= 4 is 134 Å². The van der Waals surface area contributed by atoms with E-state index < -0.39 is 56.8 Å². The molecule has 0 N–H and O–H groups in total. The van der Waals surface area contributed by atoms with Crippen LogP contribution in [0.2, 0.25) is 0 Å². The largest absolute Gasteiger partial charge is 0.389 e. The maximum absolute atomic E-state index is 12.9. The van der Waals surface area contributed by atoms with Crippen LogP contribution in [0.1, 0.15) is 304 Å². The van der Waals surface area contributed by atoms with Gasteiger partial charge in [-0.25, -0.2) is 0 Å². The molecule has 0 bridgehead atoms. The second-order valence-electron chi connectivity index (χ2n) is 45.3. The second kappa shape index (κ2) is 65.4. The Morgan fingerprint density at radius 2 is 0.497 bits per heavy atom. The van der Waals surface area contributed by atoms with Crippen LogP contribution in [0.15, 0.2) is 279 Å². The van der Waals surface area contributed by atoms with Crippen molar-refractivity contribution < 1.29 is 16.8 Å². The quantitative estimate of drug-likeness (QED) is 0.0279. The van der Waals surface area contributed by atoms with Crippen molar-refractivity contribution in [2.45, 2.75) is 291 Å². The molecule has 4 aliphatic rings. The minimum Gasteiger partial charge on any atom is -0.0776 e. The summed E-state index contributed by atoms with van der Waals surface area (Å²) < 4.78 is 51.3. The predicted octanol–water partition coefficient (Wildman–Crippen LogP) is 43.1. The zero-order valence-corrected chi connectivity index (χ0v) is 104. The topological polar surface area (TPSA) is 0 Å². The van der Waals surface area contributed by atoms with Gasteiger partial charge in [0.25, 0.3) is 0 Å². The van der Waals surface area contributed by atoms with E-state index in [1.165, 1.54) is 204 Å². The van der Waals surface area contributed by atoms with Gasteiger partial charge in [0.2, 0.25) is 11.9 Å². The van der Waals surface area contributed by atoms with E-state index in [2.05, 4.69) is 393 Å². The first kappa shape index (κ1) is 130. The zero-order valence-electron chi connectivity index (χ0n) is 93.5. The van der Waals surface area contributed by atoms with Gasteiger partial charge in [0.05, 0.1) is 81.1 Å². The maximum Gasteiger partial charge on any atom is 0.389 e. The summed E-state index contributed by atoms with van der Waals surface area (Å²) in [5, 5.41) is 8.89. The third-order valence-electron chi connectivity index (χ3n) is 32.1. The van der Waals surface area contributed by atoms with Crippen molar-refractivity contribution in [2.24, 2.45) is 65.1 Å². The predicted molar refractivity (Wildman–Crippen MR) is 672 cm³/mol. The fraction of sp³-hybridized carbons (Fsp3) is 0.535. The first-order chi connectivity index (χ1) is 68.2. The van der Waals surface area contributed by atoms with E-state index in [0.717, 1.165) is 109 Å². The molecule has 0 nitrogen and oxygen atoms in total. The third kappa shape index (κ3) is 45.8. The van der Waals surface area contributed by atoms with E-state index in [1.807, 2.05) is 37.6 Å². The number of halogens is 8. The average molecular weight is 2210 g/mol. The molecule has 0 heterocycles. The number of aryl methyl sites for hydroxylation is 1. The highest BCUT2D eigenvalue weighted by Gasteiger charge is 2.49. The molecule has 14 rings (SSSR count). The first-order valence-corrected chi connectivity index (χ1v) is 77.2. The minimum atomic E-state index is -3.68. The van der Waals surface area contributed by atoms with E-state index in [0.29, 0.717) is 23.7 Å². The first-order valence-electron chi connectivity index (χ1n) is 55.4. The highest BCUT2D eigenvalue weighted by Crippen LogP contribution is 2.70. The molecule has 0 aliphatic heterocycles. The number of benzene rings is 10. The lowest BCUT2D eigenvalue weighted by Gasteiger charge is -2.34. The SMILES string of the molecule is C.CC(C)C1CCC(C[P+](C)(Cl)Cl)CC1.CC(C)C1CCC(C[P+](C)(F)F)CC1.CC(C)c1ccc(C[P+](C)(Cl)Cl)cc1.CC(C)c1ccc(C[P+](C)(F)F)cc1.CC1CCC(C[P+](c2ccccc2)(c2ccccc2)c2ccccc2)CC1.CC[P+](CC)(CC)CC1CCC(C(C)C)CC1.CC[P+](CC)(CC)Cc1ccc(C(C)C)cc1.Cc1ccc(C[P+](c2ccccc2)(c2ccccc2)c2ccccc2)cc1. The Bertz CT molecular complexity index is 4700. The lowest BCUT2D eigenvalue weighted by Crippen LogP contribution is -2.36. The standard InChI is InChI=1S/C26H30P.C26H24P.C16H34P.C16H28P.C11H22Cl2P.C11H16Cl2P.C11H22F2P.C11H16F2P.CH4/c2*1-22-17-19-23(20-18-22)21-27(24-11-5-2-6-12-24,25-13-7-3-8-14-25)26-15-9-4-10-16-26;2*1-6-17(7-2,8-3)13-15-9-11-16(12-10-15)14(4)5;4*1-9(2)11-6-4-10(5-7-11)8-14(3,12)13;/h2-16,22-23H,17-21H2,1H3;2-20H,21H2,1H3;14-16H,6-13H2,1-5H3;9-12,14H,6-8,13H2,1-5H3;9-11H,4-8H2,1-3H3;4-7,9H,8H2,1-3H3;9-11H,4-8H2,1-3H3;4-7,9H,8H2,1-3H3;1H4/q8*+1;. The van der Waals surface area contributed by atoms with Gasteiger partial charge in [-0.05, 0) is 350 Å². The van der Waals surface area contributed by atoms with Crippen LogP contribution in [-0.2, 0) is 24.6 Å². The van der Waals surface area contributed by atoms with E-state index >= 15 is 0 Å². The highest BCUT2D eigenvalue weighted by molar-refractivity contribution is 8.17. The van der Waals surface area contributed by atoms with Gasteiger partial charge in [-0.2, -0.15) is 0 Å². The van der Waals surface area contributed by atoms with E-state index in [9.17, 15) is 16.8 Å². The summed E-state index contributed by atoms with van der Waals surface area (Å²) in [5.41, 5.74) is 10.2. The zero-order chi connectivity index (χ0) is 106. The van der Waals surface area contributed by atoms with Crippen LogP contribution in [-0.4, -0.2) is 88.3 Å². The lowest BCUT2D eigenvalue weighted by atomic mass is 9.77. The molecule has 16 heteroatoms. The Morgan fingerprint density at radius 1 is 0.255 bits per heavy atom. The maximum atomic E-state index is 12.9. The molecule has 0 saturated heterocycles. The molecule has 4 saturated carbocycles. The van der Waals surface area contributed by atoms with Crippen LogP contribution < -0.4 is 31.8 Å². The molecule has 4 aliphatic carbocycles. The van der Waals surface area contributed by atoms with Crippen molar-refractivity contribution in [1.29, 1.82) is 0 Å². The molecule has 10 aromatic rings. The molecule has 0 spiro atoms. The Labute approximate surface area is 910 Å². The van der Waals surface area contributed by atoms with Crippen molar-refractivity contribution in [3.63, 3.8) is 0 Å². The van der Waals surface area contributed by atoms with Crippen LogP contribution in [0.3, 0.4) is 0 Å². The molecule has 0 radical (unpaired) electrons. The molecule has 145 heavy (non-hydrogen) atoms. The molecule has 0 aromatic heterocycles. The van der Waals surface area contributed by atoms with E-state index in [4.69, 9.17) is 45.0 Å². The Hall–Kier alpha value is -3.48. The Balaban J connectivity index is 0.000000257. The van der Waals surface area contributed by atoms with Crippen LogP contribution in [0.5, 0.6) is 0 Å². The van der Waals surface area contributed by atoms with E-state index in [-0.39, 0.29) is 19.8 Å². The van der Waals surface area contributed by atoms with Gasteiger partial charge >= 0.3 is 15.8 Å². The summed E-state index contributed by atoms with van der Waals surface area (Å²) in [4.78, 5) is 0. The van der Waals surface area contributed by atoms with Gasteiger partial charge in [0.15, 0.2) is 0 Å². The Kier molecular flexibility index (Phi) is 58.7. The smallest absolute Gasteiger partial charge is 0.0776 e. The molecule has 10 aromatic carbocycles. The van der Waals surface area contributed by atoms with Crippen LogP contribution in [0, 0.1) is 72.0 Å². The fourth-order valence-corrected chi connectivity index (χ4v) is 43.9. The molecule has 0 unspecified atom stereocenters. The van der Waals surface area contributed by atoms with Crippen LogP contribution in [0.25, 0.3) is 0 Å². The molecule has 800 valence electrons. The van der Waals surface area contributed by atoms with Gasteiger partial charge in [0, 0.05) is 14.5 Å². The van der Waals surface area contributed by atoms with Gasteiger partial charge in [-0.15, -0.1) is 0 Å². The number of hydrogen-bond donors (Lipinski definition) is 0. The number of hydrogen-bond acceptors (Lipinski definition) is 0. The van der Waals surface area contributed by atoms with Crippen LogP contribution >= 0.6 is 102 Å². The van der Waals surface area contributed by atoms with Gasteiger partial charge in [-0.1, -0.05) is 322 Å². The average Bonchev–Trinajstić information content (AvgIpc) is 0.753. The summed E-state index contributed by atoms with van der Waals surface area (Å²) in [6, 6.07) is 102. The van der Waals surface area contributed by atoms with Gasteiger partial charge in [-0.3, -0.25) is 0 Å². The molecule has 0 amide bonds. The summed E-state index contributed by atoms with van der Waals surface area (Å²) >= 11 is 24.4. The fourth-order valence-electron chi connectivity index (χ4n) is 22.1. The monoisotopic (exact) mass is 2210 g/mol. The molecule has 4 fully saturated rings. The van der Waals surface area contributed by atoms with Gasteiger partial charge < -0.3 is 0 Å². The minimum absolute atomic E-state index is 0. The summed E-state index contributed by atoms with van der Waals surface area (Å²) in [6.45, 7) is 52.3. The van der Waals surface area contributed by atoms with Crippen molar-refractivity contribution in [1.82, 2.24) is 0 Å².